The standard InChI is InChI=1S/C33H51N3O4.ClH/c1-5-22(4)30(36-32(39)27(34)19-23-11-7-6-8-12-23)33(40)35-28(31(38)29(37)17-21(2)3)20-24-15-16-25-13-9-10-14-26(25)18-24;/h9-10,13-16,18,21-23,27-31,37-38H,5-8,11-12,17,19-20,34H2,1-4H3,(H,35,40)(H,36,39);1H/t22?,27-,28-,29-,30-,31+;/m0./s1. The summed E-state index contributed by atoms with van der Waals surface area (Å²) in [6, 6.07) is 11.9. The molecule has 2 aromatic rings. The fraction of sp³-hybridized carbons (Fsp3) is 0.636. The van der Waals surface area contributed by atoms with Gasteiger partial charge in [-0.1, -0.05) is 109 Å². The van der Waals surface area contributed by atoms with Crippen molar-refractivity contribution in [3.05, 3.63) is 48.0 Å². The molecule has 1 saturated carbocycles. The second-order valence-corrected chi connectivity index (χ2v) is 12.4. The number of halogens is 1. The predicted molar refractivity (Wildman–Crippen MR) is 169 cm³/mol. The Bertz CT molecular complexity index is 1090. The second kappa shape index (κ2) is 17.1. The van der Waals surface area contributed by atoms with Crippen LogP contribution in [0.3, 0.4) is 0 Å². The molecule has 0 heterocycles. The number of rotatable bonds is 14. The number of aliphatic hydroxyl groups excluding tert-OH is 2. The Balaban J connectivity index is 0.00000588. The van der Waals surface area contributed by atoms with Gasteiger partial charge in [-0.25, -0.2) is 0 Å². The quantitative estimate of drug-likeness (QED) is 0.215. The number of hydrogen-bond donors (Lipinski definition) is 5. The fourth-order valence-corrected chi connectivity index (χ4v) is 5.89. The van der Waals surface area contributed by atoms with Gasteiger partial charge in [0.2, 0.25) is 11.8 Å². The highest BCUT2D eigenvalue weighted by Crippen LogP contribution is 2.27. The van der Waals surface area contributed by atoms with Crippen LogP contribution in [-0.4, -0.2) is 52.4 Å². The minimum atomic E-state index is -1.17. The van der Waals surface area contributed by atoms with Crippen LogP contribution in [-0.2, 0) is 16.0 Å². The van der Waals surface area contributed by atoms with Crippen LogP contribution in [0, 0.1) is 17.8 Å². The zero-order chi connectivity index (χ0) is 29.2. The third kappa shape index (κ3) is 10.5. The molecular weight excluding hydrogens is 538 g/mol. The van der Waals surface area contributed by atoms with Crippen molar-refractivity contribution < 1.29 is 19.8 Å². The number of hydrogen-bond acceptors (Lipinski definition) is 5. The SMILES string of the molecule is CCC(C)[C@H](NC(=O)[C@@H](N)CC1CCCCC1)C(=O)N[C@@H](Cc1ccc2ccccc2c1)[C@@H](O)[C@@H](O)CC(C)C.Cl. The van der Waals surface area contributed by atoms with Gasteiger partial charge in [-0.05, 0) is 53.4 Å². The Morgan fingerprint density at radius 1 is 0.951 bits per heavy atom. The Labute approximate surface area is 252 Å². The summed E-state index contributed by atoms with van der Waals surface area (Å²) in [4.78, 5) is 26.8. The fourth-order valence-electron chi connectivity index (χ4n) is 5.89. The van der Waals surface area contributed by atoms with Gasteiger partial charge in [-0.3, -0.25) is 9.59 Å². The molecule has 1 aliphatic carbocycles. The molecule has 0 saturated heterocycles. The minimum Gasteiger partial charge on any atom is -0.390 e. The molecule has 230 valence electrons. The van der Waals surface area contributed by atoms with E-state index < -0.39 is 30.3 Å². The molecular formula is C33H52ClN3O4. The Kier molecular flexibility index (Phi) is 14.6. The summed E-state index contributed by atoms with van der Waals surface area (Å²) >= 11 is 0. The molecule has 7 nitrogen and oxygen atoms in total. The maximum Gasteiger partial charge on any atom is 0.243 e. The van der Waals surface area contributed by atoms with Crippen LogP contribution in [0.2, 0.25) is 0 Å². The third-order valence-corrected chi connectivity index (χ3v) is 8.56. The first-order chi connectivity index (χ1) is 19.1. The van der Waals surface area contributed by atoms with E-state index in [9.17, 15) is 19.8 Å². The van der Waals surface area contributed by atoms with Gasteiger partial charge < -0.3 is 26.6 Å². The molecule has 0 radical (unpaired) electrons. The highest BCUT2D eigenvalue weighted by atomic mass is 35.5. The first kappa shape index (κ1) is 35.0. The van der Waals surface area contributed by atoms with E-state index in [1.165, 1.54) is 19.3 Å². The molecule has 1 unspecified atom stereocenters. The lowest BCUT2D eigenvalue weighted by Gasteiger charge is -2.32. The van der Waals surface area contributed by atoms with Crippen molar-refractivity contribution in [1.29, 1.82) is 0 Å². The van der Waals surface area contributed by atoms with Crippen molar-refractivity contribution in [2.45, 2.75) is 116 Å². The van der Waals surface area contributed by atoms with Gasteiger partial charge in [-0.2, -0.15) is 0 Å². The van der Waals surface area contributed by atoms with E-state index in [0.717, 1.165) is 29.2 Å². The van der Waals surface area contributed by atoms with Crippen LogP contribution in [0.1, 0.15) is 84.6 Å². The summed E-state index contributed by atoms with van der Waals surface area (Å²) in [6.45, 7) is 7.88. The summed E-state index contributed by atoms with van der Waals surface area (Å²) in [5, 5.41) is 30.1. The molecule has 2 aromatic carbocycles. The summed E-state index contributed by atoms with van der Waals surface area (Å²) < 4.78 is 0. The number of fused-ring (bicyclic) bond motifs is 1. The molecule has 8 heteroatoms. The third-order valence-electron chi connectivity index (χ3n) is 8.56. The predicted octanol–water partition coefficient (Wildman–Crippen LogP) is 4.89. The van der Waals surface area contributed by atoms with Crippen LogP contribution >= 0.6 is 12.4 Å². The molecule has 2 amide bonds. The van der Waals surface area contributed by atoms with Crippen molar-refractivity contribution in [1.82, 2.24) is 10.6 Å². The lowest BCUT2D eigenvalue weighted by Crippen LogP contribution is -2.58. The maximum atomic E-state index is 13.7. The smallest absolute Gasteiger partial charge is 0.243 e. The van der Waals surface area contributed by atoms with E-state index in [0.29, 0.717) is 31.6 Å². The average Bonchev–Trinajstić information content (AvgIpc) is 2.94. The molecule has 1 fully saturated rings. The zero-order valence-corrected chi connectivity index (χ0v) is 26.0. The van der Waals surface area contributed by atoms with Gasteiger partial charge in [0.05, 0.1) is 18.2 Å². The first-order valence-corrected chi connectivity index (χ1v) is 15.3. The molecule has 1 aliphatic rings. The highest BCUT2D eigenvalue weighted by Gasteiger charge is 2.34. The maximum absolute atomic E-state index is 13.7. The number of amides is 2. The summed E-state index contributed by atoms with van der Waals surface area (Å²) in [6.07, 6.45) is 5.71. The average molecular weight is 590 g/mol. The van der Waals surface area contributed by atoms with Gasteiger partial charge >= 0.3 is 0 Å². The molecule has 6 atom stereocenters. The zero-order valence-electron chi connectivity index (χ0n) is 25.2. The molecule has 0 bridgehead atoms. The molecule has 41 heavy (non-hydrogen) atoms. The van der Waals surface area contributed by atoms with Crippen molar-refractivity contribution in [2.24, 2.45) is 23.5 Å². The van der Waals surface area contributed by atoms with Crippen molar-refractivity contribution in [3.8, 4) is 0 Å². The number of carbonyl (C=O) groups excluding carboxylic acids is 2. The lowest BCUT2D eigenvalue weighted by atomic mass is 9.84. The first-order valence-electron chi connectivity index (χ1n) is 15.3. The van der Waals surface area contributed by atoms with Gasteiger partial charge in [0.15, 0.2) is 0 Å². The number of nitrogens with one attached hydrogen (secondary N) is 2. The van der Waals surface area contributed by atoms with Crippen molar-refractivity contribution in [3.63, 3.8) is 0 Å². The highest BCUT2D eigenvalue weighted by molar-refractivity contribution is 5.90. The summed E-state index contributed by atoms with van der Waals surface area (Å²) in [7, 11) is 0. The summed E-state index contributed by atoms with van der Waals surface area (Å²) in [5.41, 5.74) is 7.25. The minimum absolute atomic E-state index is 0. The van der Waals surface area contributed by atoms with E-state index in [2.05, 4.69) is 10.6 Å². The van der Waals surface area contributed by atoms with Crippen LogP contribution in [0.25, 0.3) is 10.8 Å². The molecule has 3 rings (SSSR count). The van der Waals surface area contributed by atoms with Crippen LogP contribution in [0.4, 0.5) is 0 Å². The lowest BCUT2D eigenvalue weighted by molar-refractivity contribution is -0.132. The van der Waals surface area contributed by atoms with Gasteiger partial charge in [0.1, 0.15) is 12.1 Å². The van der Waals surface area contributed by atoms with E-state index in [-0.39, 0.29) is 36.1 Å². The topological polar surface area (TPSA) is 125 Å². The Hall–Kier alpha value is -2.19. The monoisotopic (exact) mass is 589 g/mol. The Morgan fingerprint density at radius 2 is 1.61 bits per heavy atom. The number of aliphatic hydroxyl groups is 2. The van der Waals surface area contributed by atoms with E-state index in [4.69, 9.17) is 5.73 Å². The summed E-state index contributed by atoms with van der Waals surface area (Å²) in [5.74, 6) is -0.176. The van der Waals surface area contributed by atoms with Crippen molar-refractivity contribution >= 4 is 35.0 Å². The normalized spacial score (nSPS) is 18.5. The molecule has 0 aromatic heterocycles. The van der Waals surface area contributed by atoms with Gasteiger partial charge in [0.25, 0.3) is 0 Å². The molecule has 6 N–H and O–H groups in total. The van der Waals surface area contributed by atoms with Crippen LogP contribution in [0.15, 0.2) is 42.5 Å². The van der Waals surface area contributed by atoms with E-state index in [1.807, 2.05) is 70.2 Å². The molecule has 0 aliphatic heterocycles. The van der Waals surface area contributed by atoms with E-state index >= 15 is 0 Å². The van der Waals surface area contributed by atoms with E-state index in [1.54, 1.807) is 0 Å². The largest absolute Gasteiger partial charge is 0.390 e. The Morgan fingerprint density at radius 3 is 2.24 bits per heavy atom. The number of carbonyl (C=O) groups is 2. The van der Waals surface area contributed by atoms with Crippen LogP contribution < -0.4 is 16.4 Å². The number of nitrogens with two attached hydrogens (primary N) is 1. The number of benzene rings is 2. The van der Waals surface area contributed by atoms with Crippen LogP contribution in [0.5, 0.6) is 0 Å². The van der Waals surface area contributed by atoms with Gasteiger partial charge in [0, 0.05) is 0 Å². The second-order valence-electron chi connectivity index (χ2n) is 12.4. The van der Waals surface area contributed by atoms with Crippen molar-refractivity contribution in [2.75, 3.05) is 0 Å². The molecule has 0 spiro atoms. The van der Waals surface area contributed by atoms with Gasteiger partial charge in [-0.15, -0.1) is 12.4 Å².